The van der Waals surface area contributed by atoms with Crippen LogP contribution in [0.3, 0.4) is 0 Å². The van der Waals surface area contributed by atoms with Crippen LogP contribution in [0, 0.1) is 0 Å². The van der Waals surface area contributed by atoms with Crippen molar-refractivity contribution >= 4 is 23.8 Å². The van der Waals surface area contributed by atoms with Crippen molar-refractivity contribution in [2.75, 3.05) is 0 Å². The van der Waals surface area contributed by atoms with Gasteiger partial charge in [-0.15, -0.1) is 5.17 Å². The lowest BCUT2D eigenvalue weighted by Crippen LogP contribution is -2.49. The first-order valence-corrected chi connectivity index (χ1v) is 12.1. The number of amides is 2. The molecule has 0 aliphatic rings. The van der Waals surface area contributed by atoms with Crippen LogP contribution in [0.2, 0.25) is 0 Å². The highest BCUT2D eigenvalue weighted by molar-refractivity contribution is 5.85. The fourth-order valence-electron chi connectivity index (χ4n) is 3.61. The summed E-state index contributed by atoms with van der Waals surface area (Å²) < 4.78 is 5.14. The number of rotatable bonds is 12. The molecule has 0 saturated heterocycles. The number of benzene rings is 3. The highest BCUT2D eigenvalue weighted by Gasteiger charge is 2.27. The number of ether oxygens (including phenoxy) is 1. The van der Waals surface area contributed by atoms with E-state index in [4.69, 9.17) is 14.7 Å². The Bertz CT molecular complexity index is 1230. The number of nitrogens with one attached hydrogen (secondary N) is 1. The third kappa shape index (κ3) is 9.51. The van der Waals surface area contributed by atoms with E-state index < -0.39 is 36.3 Å². The number of hydrazine groups is 1. The van der Waals surface area contributed by atoms with E-state index >= 15 is 0 Å². The molecule has 9 heteroatoms. The number of hydrogen-bond donors (Lipinski definition) is 2. The van der Waals surface area contributed by atoms with Crippen molar-refractivity contribution in [2.24, 2.45) is 0 Å². The monoisotopic (exact) mass is 518 g/mol. The molecule has 0 aromatic heterocycles. The van der Waals surface area contributed by atoms with Gasteiger partial charge in [0.15, 0.2) is 11.9 Å². The largest absolute Gasteiger partial charge is 0.481 e. The number of aryl methyl sites for hydroxylation is 1. The van der Waals surface area contributed by atoms with E-state index in [0.717, 1.165) is 35.6 Å². The summed E-state index contributed by atoms with van der Waals surface area (Å²) in [7, 11) is 0. The van der Waals surface area contributed by atoms with Gasteiger partial charge < -0.3 is 9.84 Å². The molecule has 0 aliphatic heterocycles. The quantitative estimate of drug-likeness (QED) is 0.344. The highest BCUT2D eigenvalue weighted by Crippen LogP contribution is 2.14. The molecule has 3 aromatic carbocycles. The predicted molar refractivity (Wildman–Crippen MR) is 138 cm³/mol. The van der Waals surface area contributed by atoms with E-state index in [1.165, 1.54) is 0 Å². The number of nitrogens with zero attached hydrogens (tertiary/aromatic N) is 1. The van der Waals surface area contributed by atoms with Crippen LogP contribution in [0.25, 0.3) is 0 Å². The lowest BCUT2D eigenvalue weighted by Gasteiger charge is -2.25. The molecule has 0 radical (unpaired) electrons. The Morgan fingerprint density at radius 2 is 1.45 bits per heavy atom. The second-order valence-electron chi connectivity index (χ2n) is 8.65. The summed E-state index contributed by atoms with van der Waals surface area (Å²) in [5.74, 6) is -2.58. The van der Waals surface area contributed by atoms with Gasteiger partial charge in [0.25, 0.3) is 5.91 Å². The molecule has 38 heavy (non-hydrogen) atoms. The zero-order valence-corrected chi connectivity index (χ0v) is 21.0. The number of aliphatic carboxylic acids is 1. The molecular formula is C29H30N2O7. The normalized spacial score (nSPS) is 11.3. The van der Waals surface area contributed by atoms with Crippen LogP contribution in [-0.2, 0) is 43.4 Å². The van der Waals surface area contributed by atoms with Gasteiger partial charge in [0, 0.05) is 6.42 Å². The number of Topliss-reactive ketones (excluding diaryl/α,β-unsaturated/α-hetero) is 1. The van der Waals surface area contributed by atoms with Crippen molar-refractivity contribution in [3.63, 3.8) is 0 Å². The Morgan fingerprint density at radius 3 is 2.08 bits per heavy atom. The second-order valence-corrected chi connectivity index (χ2v) is 8.65. The summed E-state index contributed by atoms with van der Waals surface area (Å²) in [6, 6.07) is 26.7. The average molecular weight is 519 g/mol. The van der Waals surface area contributed by atoms with Crippen molar-refractivity contribution in [3.8, 4) is 0 Å². The molecule has 0 aliphatic carbocycles. The maximum atomic E-state index is 13.0. The molecule has 0 fully saturated rings. The number of carbonyl (C=O) groups excluding carboxylic acids is 3. The smallest absolute Gasteiger partial charge is 0.428 e. The summed E-state index contributed by atoms with van der Waals surface area (Å²) in [6.45, 7) is 1.08. The third-order valence-corrected chi connectivity index (χ3v) is 5.55. The molecule has 1 atom stereocenters. The minimum absolute atomic E-state index is 0.0613. The maximum Gasteiger partial charge on any atom is 0.428 e. The molecule has 2 amide bonds. The number of hydroxylamine groups is 1. The van der Waals surface area contributed by atoms with Gasteiger partial charge in [-0.3, -0.25) is 14.4 Å². The number of ketones is 1. The molecular weight excluding hydrogens is 488 g/mol. The van der Waals surface area contributed by atoms with Crippen LogP contribution in [-0.4, -0.2) is 40.1 Å². The number of carboxylic acids is 1. The van der Waals surface area contributed by atoms with Crippen molar-refractivity contribution < 1.29 is 33.9 Å². The fourth-order valence-corrected chi connectivity index (χ4v) is 3.61. The van der Waals surface area contributed by atoms with E-state index in [1.807, 2.05) is 60.7 Å². The van der Waals surface area contributed by atoms with Crippen LogP contribution in [0.15, 0.2) is 84.9 Å². The van der Waals surface area contributed by atoms with E-state index in [1.54, 1.807) is 24.3 Å². The fraction of sp³-hybridized carbons (Fsp3) is 0.241. The lowest BCUT2D eigenvalue weighted by atomic mass is 10.0. The standard InChI is InChI=1S/C29H30N2O7/c1-21(32)26(19-28(34)35)38-31(30-29(36)37-20-24-11-6-3-7-12-24)27(33)16-15-23-13-8-14-25(18-23)17-22-9-4-2-5-10-22/h2-14,18,26H,15-17,19-20H2,1H3,(H,30,36)(H,34,35). The van der Waals surface area contributed by atoms with Crippen molar-refractivity contribution in [1.29, 1.82) is 0 Å². The van der Waals surface area contributed by atoms with Crippen molar-refractivity contribution in [3.05, 3.63) is 107 Å². The molecule has 3 rings (SSSR count). The zero-order valence-electron chi connectivity index (χ0n) is 21.0. The van der Waals surface area contributed by atoms with Gasteiger partial charge in [0.05, 0.1) is 6.42 Å². The van der Waals surface area contributed by atoms with E-state index in [2.05, 4.69) is 5.43 Å². The first kappa shape index (κ1) is 28.1. The maximum absolute atomic E-state index is 13.0. The second kappa shape index (κ2) is 14.3. The number of carboxylic acid groups (broad SMARTS) is 1. The van der Waals surface area contributed by atoms with Crippen molar-refractivity contribution in [1.82, 2.24) is 10.6 Å². The molecule has 1 unspecified atom stereocenters. The van der Waals surface area contributed by atoms with Gasteiger partial charge in [-0.25, -0.2) is 15.1 Å². The van der Waals surface area contributed by atoms with Crippen molar-refractivity contribution in [2.45, 2.75) is 45.3 Å². The van der Waals surface area contributed by atoms with E-state index in [9.17, 15) is 19.2 Å². The number of hydrogen-bond acceptors (Lipinski definition) is 6. The molecule has 2 N–H and O–H groups in total. The molecule has 9 nitrogen and oxygen atoms in total. The van der Waals surface area contributed by atoms with Gasteiger partial charge in [-0.1, -0.05) is 84.9 Å². The van der Waals surface area contributed by atoms with Gasteiger partial charge >= 0.3 is 12.1 Å². The minimum Gasteiger partial charge on any atom is -0.481 e. The van der Waals surface area contributed by atoms with Gasteiger partial charge in [0.2, 0.25) is 0 Å². The lowest BCUT2D eigenvalue weighted by molar-refractivity contribution is -0.223. The number of carbonyl (C=O) groups is 4. The summed E-state index contributed by atoms with van der Waals surface area (Å²) in [4.78, 5) is 53.9. The Labute approximate surface area is 220 Å². The first-order valence-electron chi connectivity index (χ1n) is 12.1. The molecule has 0 saturated carbocycles. The molecule has 3 aromatic rings. The highest BCUT2D eigenvalue weighted by atomic mass is 16.7. The first-order chi connectivity index (χ1) is 18.3. The van der Waals surface area contributed by atoms with Gasteiger partial charge in [-0.2, -0.15) is 0 Å². The van der Waals surface area contributed by atoms with Crippen LogP contribution in [0.5, 0.6) is 0 Å². The molecule has 0 spiro atoms. The van der Waals surface area contributed by atoms with E-state index in [0.29, 0.717) is 11.6 Å². The zero-order chi connectivity index (χ0) is 27.3. The van der Waals surface area contributed by atoms with Crippen LogP contribution in [0.1, 0.15) is 42.0 Å². The molecule has 0 heterocycles. The summed E-state index contributed by atoms with van der Waals surface area (Å²) >= 11 is 0. The van der Waals surface area contributed by atoms with E-state index in [-0.39, 0.29) is 13.0 Å². The third-order valence-electron chi connectivity index (χ3n) is 5.55. The minimum atomic E-state index is -1.47. The summed E-state index contributed by atoms with van der Waals surface area (Å²) in [5, 5.41) is 9.61. The summed E-state index contributed by atoms with van der Waals surface area (Å²) in [5.41, 5.74) is 6.04. The van der Waals surface area contributed by atoms with Crippen LogP contribution in [0.4, 0.5) is 4.79 Å². The Kier molecular flexibility index (Phi) is 10.6. The average Bonchev–Trinajstić information content (AvgIpc) is 2.91. The molecule has 0 bridgehead atoms. The SMILES string of the molecule is CC(=O)C(CC(=O)O)ON(NC(=O)OCc1ccccc1)C(=O)CCc1cccc(Cc2ccccc2)c1. The Morgan fingerprint density at radius 1 is 0.842 bits per heavy atom. The molecule has 198 valence electrons. The van der Waals surface area contributed by atoms with Crippen LogP contribution >= 0.6 is 0 Å². The predicted octanol–water partition coefficient (Wildman–Crippen LogP) is 4.24. The van der Waals surface area contributed by atoms with Gasteiger partial charge in [-0.05, 0) is 42.0 Å². The Balaban J connectivity index is 1.65. The summed E-state index contributed by atoms with van der Waals surface area (Å²) in [6.07, 6.45) is -2.16. The van der Waals surface area contributed by atoms with Crippen LogP contribution < -0.4 is 5.43 Å². The Hall–Kier alpha value is -4.50. The topological polar surface area (TPSA) is 122 Å². The van der Waals surface area contributed by atoms with Gasteiger partial charge in [0.1, 0.15) is 6.61 Å².